The van der Waals surface area contributed by atoms with E-state index in [1.54, 1.807) is 0 Å². The number of carbonyl (C=O) groups is 1. The van der Waals surface area contributed by atoms with Crippen molar-refractivity contribution in [3.8, 4) is 11.4 Å². The maximum Gasteiger partial charge on any atom is 0.272 e. The van der Waals surface area contributed by atoms with Crippen LogP contribution in [0, 0.1) is 6.92 Å². The van der Waals surface area contributed by atoms with Crippen molar-refractivity contribution >= 4 is 11.6 Å². The Morgan fingerprint density at radius 1 is 1.26 bits per heavy atom. The van der Waals surface area contributed by atoms with Crippen LogP contribution in [-0.2, 0) is 0 Å². The first kappa shape index (κ1) is 13.8. The molecule has 4 rings (SSSR count). The third-order valence-electron chi connectivity index (χ3n) is 3.95. The number of carbonyl (C=O) groups excluding carboxylic acids is 1. The van der Waals surface area contributed by atoms with Gasteiger partial charge in [0.05, 0.1) is 0 Å². The number of H-pyrrole nitrogens is 1. The summed E-state index contributed by atoms with van der Waals surface area (Å²) in [5, 5.41) is 9.89. The van der Waals surface area contributed by atoms with Crippen molar-refractivity contribution in [2.45, 2.75) is 25.8 Å². The quantitative estimate of drug-likeness (QED) is 0.777. The van der Waals surface area contributed by atoms with Crippen LogP contribution in [0.4, 0.5) is 5.69 Å². The van der Waals surface area contributed by atoms with Crippen LogP contribution in [0.15, 0.2) is 42.6 Å². The lowest BCUT2D eigenvalue weighted by molar-refractivity contribution is 0.101. The molecule has 2 aromatic heterocycles. The lowest BCUT2D eigenvalue weighted by Crippen LogP contribution is -2.16. The number of aromatic nitrogens is 4. The lowest BCUT2D eigenvalue weighted by atomic mass is 10.2. The van der Waals surface area contributed by atoms with E-state index in [2.05, 4.69) is 25.1 Å². The van der Waals surface area contributed by atoms with Gasteiger partial charge in [-0.3, -0.25) is 9.89 Å². The molecule has 0 saturated heterocycles. The molecule has 0 aliphatic heterocycles. The number of anilines is 1. The zero-order valence-corrected chi connectivity index (χ0v) is 12.8. The Labute approximate surface area is 133 Å². The van der Waals surface area contributed by atoms with Crippen LogP contribution >= 0.6 is 0 Å². The molecule has 0 atom stereocenters. The van der Waals surface area contributed by atoms with Gasteiger partial charge in [-0.25, -0.2) is 4.98 Å². The minimum atomic E-state index is -0.0802. The fourth-order valence-electron chi connectivity index (χ4n) is 2.63. The number of nitrogens with one attached hydrogen (secondary N) is 2. The second-order valence-electron chi connectivity index (χ2n) is 5.81. The summed E-state index contributed by atoms with van der Waals surface area (Å²) >= 11 is 0. The number of hydrogen-bond donors (Lipinski definition) is 2. The summed E-state index contributed by atoms with van der Waals surface area (Å²) in [6, 6.07) is 11.8. The Bertz CT molecular complexity index is 842. The Morgan fingerprint density at radius 3 is 2.70 bits per heavy atom. The van der Waals surface area contributed by atoms with E-state index in [0.29, 0.717) is 17.6 Å². The summed E-state index contributed by atoms with van der Waals surface area (Å²) in [7, 11) is 0. The SMILES string of the molecule is Cc1nc(-c2ccc(NC(=O)c3cccn3C3CC3)cc2)n[nH]1. The molecule has 0 bridgehead atoms. The van der Waals surface area contributed by atoms with Crippen LogP contribution in [0.2, 0.25) is 0 Å². The number of aromatic amines is 1. The first-order valence-electron chi connectivity index (χ1n) is 7.68. The molecule has 0 radical (unpaired) electrons. The average molecular weight is 307 g/mol. The molecule has 6 heteroatoms. The molecule has 2 N–H and O–H groups in total. The molecule has 1 saturated carbocycles. The number of aryl methyl sites for hydroxylation is 1. The van der Waals surface area contributed by atoms with E-state index in [4.69, 9.17) is 0 Å². The van der Waals surface area contributed by atoms with E-state index < -0.39 is 0 Å². The highest BCUT2D eigenvalue weighted by atomic mass is 16.1. The van der Waals surface area contributed by atoms with Crippen LogP contribution < -0.4 is 5.32 Å². The summed E-state index contributed by atoms with van der Waals surface area (Å²) in [5.41, 5.74) is 2.38. The molecule has 23 heavy (non-hydrogen) atoms. The first-order chi connectivity index (χ1) is 11.2. The van der Waals surface area contributed by atoms with E-state index in [1.165, 1.54) is 0 Å². The largest absolute Gasteiger partial charge is 0.340 e. The van der Waals surface area contributed by atoms with Gasteiger partial charge in [0.1, 0.15) is 11.5 Å². The molecule has 0 spiro atoms. The van der Waals surface area contributed by atoms with Crippen LogP contribution in [0.5, 0.6) is 0 Å². The Kier molecular flexibility index (Phi) is 3.22. The van der Waals surface area contributed by atoms with Gasteiger partial charge in [0.15, 0.2) is 5.82 Å². The Morgan fingerprint density at radius 2 is 2.04 bits per heavy atom. The minimum absolute atomic E-state index is 0.0802. The summed E-state index contributed by atoms with van der Waals surface area (Å²) in [6.45, 7) is 1.86. The molecule has 1 fully saturated rings. The molecule has 116 valence electrons. The third-order valence-corrected chi connectivity index (χ3v) is 3.95. The number of nitrogens with zero attached hydrogens (tertiary/aromatic N) is 3. The highest BCUT2D eigenvalue weighted by Crippen LogP contribution is 2.36. The van der Waals surface area contributed by atoms with Crippen LogP contribution in [0.25, 0.3) is 11.4 Å². The van der Waals surface area contributed by atoms with Crippen LogP contribution in [-0.4, -0.2) is 25.7 Å². The monoisotopic (exact) mass is 307 g/mol. The lowest BCUT2D eigenvalue weighted by Gasteiger charge is -2.09. The molecule has 3 aromatic rings. The van der Waals surface area contributed by atoms with Gasteiger partial charge in [-0.1, -0.05) is 0 Å². The smallest absolute Gasteiger partial charge is 0.272 e. The fraction of sp³-hybridized carbons (Fsp3) is 0.235. The standard InChI is InChI=1S/C17H17N5O/c1-11-18-16(21-20-11)12-4-6-13(7-5-12)19-17(23)15-3-2-10-22(15)14-8-9-14/h2-7,10,14H,8-9H2,1H3,(H,19,23)(H,18,20,21). The molecule has 1 aliphatic carbocycles. The number of amides is 1. The van der Waals surface area contributed by atoms with Gasteiger partial charge in [-0.05, 0) is 56.2 Å². The van der Waals surface area contributed by atoms with Gasteiger partial charge in [0.25, 0.3) is 5.91 Å². The molecule has 1 aromatic carbocycles. The Hall–Kier alpha value is -2.89. The van der Waals surface area contributed by atoms with Gasteiger partial charge in [0, 0.05) is 23.5 Å². The normalized spacial score (nSPS) is 14.0. The minimum Gasteiger partial charge on any atom is -0.340 e. The highest BCUT2D eigenvalue weighted by molar-refractivity contribution is 6.03. The van der Waals surface area contributed by atoms with Crippen LogP contribution in [0.1, 0.15) is 35.2 Å². The summed E-state index contributed by atoms with van der Waals surface area (Å²) in [6.07, 6.45) is 4.28. The van der Waals surface area contributed by atoms with E-state index >= 15 is 0 Å². The summed E-state index contributed by atoms with van der Waals surface area (Å²) < 4.78 is 2.06. The number of rotatable bonds is 4. The van der Waals surface area contributed by atoms with Crippen molar-refractivity contribution < 1.29 is 4.79 Å². The number of hydrogen-bond acceptors (Lipinski definition) is 3. The van der Waals surface area contributed by atoms with Crippen molar-refractivity contribution in [3.05, 3.63) is 54.1 Å². The molecule has 1 amide bonds. The second-order valence-corrected chi connectivity index (χ2v) is 5.81. The molecular formula is C17H17N5O. The highest BCUT2D eigenvalue weighted by Gasteiger charge is 2.26. The maximum absolute atomic E-state index is 12.4. The molecule has 6 nitrogen and oxygen atoms in total. The van der Waals surface area contributed by atoms with Gasteiger partial charge < -0.3 is 9.88 Å². The third kappa shape index (κ3) is 2.75. The molecule has 0 unspecified atom stereocenters. The van der Waals surface area contributed by atoms with Gasteiger partial charge in [0.2, 0.25) is 0 Å². The predicted molar refractivity (Wildman–Crippen MR) is 87.2 cm³/mol. The molecule has 2 heterocycles. The first-order valence-corrected chi connectivity index (χ1v) is 7.68. The van der Waals surface area contributed by atoms with E-state index in [0.717, 1.165) is 29.9 Å². The topological polar surface area (TPSA) is 75.6 Å². The maximum atomic E-state index is 12.4. The van der Waals surface area contributed by atoms with E-state index in [1.807, 2.05) is 49.5 Å². The van der Waals surface area contributed by atoms with Gasteiger partial charge >= 0.3 is 0 Å². The average Bonchev–Trinajstić information content (AvgIpc) is 3.11. The van der Waals surface area contributed by atoms with Gasteiger partial charge in [-0.2, -0.15) is 5.10 Å². The number of benzene rings is 1. The zero-order valence-electron chi connectivity index (χ0n) is 12.8. The van der Waals surface area contributed by atoms with Crippen LogP contribution in [0.3, 0.4) is 0 Å². The van der Waals surface area contributed by atoms with Gasteiger partial charge in [-0.15, -0.1) is 0 Å². The van der Waals surface area contributed by atoms with E-state index in [-0.39, 0.29) is 5.91 Å². The molecule has 1 aliphatic rings. The Balaban J connectivity index is 1.50. The zero-order chi connectivity index (χ0) is 15.8. The van der Waals surface area contributed by atoms with Crippen molar-refractivity contribution in [2.75, 3.05) is 5.32 Å². The van der Waals surface area contributed by atoms with Crippen molar-refractivity contribution in [1.29, 1.82) is 0 Å². The van der Waals surface area contributed by atoms with Crippen molar-refractivity contribution in [1.82, 2.24) is 19.7 Å². The fourth-order valence-corrected chi connectivity index (χ4v) is 2.63. The van der Waals surface area contributed by atoms with E-state index in [9.17, 15) is 4.79 Å². The van der Waals surface area contributed by atoms with Crippen molar-refractivity contribution in [3.63, 3.8) is 0 Å². The summed E-state index contributed by atoms with van der Waals surface area (Å²) in [4.78, 5) is 16.7. The predicted octanol–water partition coefficient (Wildman–Crippen LogP) is 3.17. The second kappa shape index (κ2) is 5.39. The molecular weight excluding hydrogens is 290 g/mol. The summed E-state index contributed by atoms with van der Waals surface area (Å²) in [5.74, 6) is 1.35. The van der Waals surface area contributed by atoms with Crippen molar-refractivity contribution in [2.24, 2.45) is 0 Å².